The number of aliphatic hydroxyl groups is 1. The van der Waals surface area contributed by atoms with Gasteiger partial charge in [-0.25, -0.2) is 4.39 Å². The van der Waals surface area contributed by atoms with Crippen molar-refractivity contribution in [2.24, 2.45) is 0 Å². The zero-order chi connectivity index (χ0) is 14.9. The van der Waals surface area contributed by atoms with Crippen LogP contribution in [0.25, 0.3) is 0 Å². The second-order valence-electron chi connectivity index (χ2n) is 4.16. The van der Waals surface area contributed by atoms with Crippen LogP contribution in [0.4, 0.5) is 4.39 Å². The minimum absolute atomic E-state index is 0.000208. The Balaban J connectivity index is 2.33. The van der Waals surface area contributed by atoms with Crippen LogP contribution in [0, 0.1) is 5.82 Å². The van der Waals surface area contributed by atoms with Crippen molar-refractivity contribution in [3.8, 4) is 11.5 Å². The largest absolute Gasteiger partial charge is 0.455 e. The lowest BCUT2D eigenvalue weighted by Gasteiger charge is -2.12. The third-order valence-electron chi connectivity index (χ3n) is 2.63. The lowest BCUT2D eigenvalue weighted by molar-refractivity contribution is 0.199. The van der Waals surface area contributed by atoms with Crippen molar-refractivity contribution in [2.75, 3.05) is 0 Å². The molecule has 0 aromatic heterocycles. The van der Waals surface area contributed by atoms with Gasteiger partial charge in [-0.15, -0.1) is 0 Å². The minimum atomic E-state index is -0.624. The van der Waals surface area contributed by atoms with Crippen molar-refractivity contribution in [1.29, 1.82) is 0 Å². The Morgan fingerprint density at radius 2 is 1.85 bits per heavy atom. The molecule has 0 spiro atoms. The molecule has 0 saturated heterocycles. The lowest BCUT2D eigenvalue weighted by atomic mass is 10.1. The Kier molecular flexibility index (Phi) is 4.91. The fourth-order valence-electron chi connectivity index (χ4n) is 1.56. The van der Waals surface area contributed by atoms with Gasteiger partial charge in [-0.05, 0) is 46.6 Å². The molecule has 1 atom stereocenters. The normalized spacial score (nSPS) is 12.3. The second kappa shape index (κ2) is 6.31. The maximum atomic E-state index is 13.4. The van der Waals surface area contributed by atoms with Gasteiger partial charge in [-0.2, -0.15) is 0 Å². The predicted octanol–water partition coefficient (Wildman–Crippen LogP) is 5.74. The summed E-state index contributed by atoms with van der Waals surface area (Å²) in [4.78, 5) is 0. The van der Waals surface area contributed by atoms with Crippen LogP contribution in [0.15, 0.2) is 34.8 Å². The number of halogens is 4. The molecule has 0 radical (unpaired) electrons. The molecule has 0 aliphatic rings. The standard InChI is InChI=1S/C14H10BrCl2FO2/c1-7(19)8-2-3-13(11(17)4-8)20-14-6-12(18)10(16)5-9(14)15/h2-7,19H,1H3. The van der Waals surface area contributed by atoms with Crippen LogP contribution in [0.3, 0.4) is 0 Å². The van der Waals surface area contributed by atoms with E-state index in [0.29, 0.717) is 20.8 Å². The second-order valence-corrected chi connectivity index (χ2v) is 5.83. The summed E-state index contributed by atoms with van der Waals surface area (Å²) in [6.45, 7) is 1.64. The van der Waals surface area contributed by atoms with Gasteiger partial charge < -0.3 is 9.84 Å². The molecule has 0 saturated carbocycles. The number of ether oxygens (including phenoxy) is 1. The number of benzene rings is 2. The molecular weight excluding hydrogens is 370 g/mol. The lowest BCUT2D eigenvalue weighted by Crippen LogP contribution is -1.93. The minimum Gasteiger partial charge on any atom is -0.455 e. The van der Waals surface area contributed by atoms with Gasteiger partial charge in [0.25, 0.3) is 0 Å². The highest BCUT2D eigenvalue weighted by Gasteiger charge is 2.12. The van der Waals surface area contributed by atoms with Crippen LogP contribution < -0.4 is 4.74 Å². The molecular formula is C14H10BrCl2FO2. The molecule has 0 heterocycles. The van der Waals surface area contributed by atoms with E-state index in [4.69, 9.17) is 27.9 Å². The molecule has 106 valence electrons. The summed E-state index contributed by atoms with van der Waals surface area (Å²) in [5.41, 5.74) is 0.670. The first-order valence-electron chi connectivity index (χ1n) is 5.68. The van der Waals surface area contributed by atoms with Crippen molar-refractivity contribution < 1.29 is 14.2 Å². The van der Waals surface area contributed by atoms with E-state index in [9.17, 15) is 9.50 Å². The van der Waals surface area contributed by atoms with Gasteiger partial charge in [0, 0.05) is 6.07 Å². The molecule has 6 heteroatoms. The van der Waals surface area contributed by atoms with Crippen LogP contribution in [-0.2, 0) is 0 Å². The summed E-state index contributed by atoms with van der Waals surface area (Å²) in [7, 11) is 0. The number of rotatable bonds is 3. The van der Waals surface area contributed by atoms with E-state index < -0.39 is 11.9 Å². The highest BCUT2D eigenvalue weighted by molar-refractivity contribution is 9.10. The predicted molar refractivity (Wildman–Crippen MR) is 81.3 cm³/mol. The molecule has 0 aliphatic heterocycles. The summed E-state index contributed by atoms with van der Waals surface area (Å²) >= 11 is 15.0. The van der Waals surface area contributed by atoms with Crippen molar-refractivity contribution in [1.82, 2.24) is 0 Å². The molecule has 2 rings (SSSR count). The van der Waals surface area contributed by atoms with E-state index in [2.05, 4.69) is 15.9 Å². The molecule has 0 amide bonds. The Morgan fingerprint density at radius 1 is 1.15 bits per heavy atom. The fourth-order valence-corrected chi connectivity index (χ4v) is 2.51. The molecule has 2 aromatic rings. The molecule has 2 aromatic carbocycles. The number of aliphatic hydroxyl groups excluding tert-OH is 1. The van der Waals surface area contributed by atoms with Crippen LogP contribution in [0.2, 0.25) is 10.0 Å². The van der Waals surface area contributed by atoms with E-state index in [1.165, 1.54) is 12.1 Å². The van der Waals surface area contributed by atoms with Gasteiger partial charge in [-0.3, -0.25) is 0 Å². The van der Waals surface area contributed by atoms with Crippen molar-refractivity contribution >= 4 is 39.1 Å². The van der Waals surface area contributed by atoms with Crippen LogP contribution >= 0.6 is 39.1 Å². The van der Waals surface area contributed by atoms with Crippen LogP contribution in [0.5, 0.6) is 11.5 Å². The first-order chi connectivity index (χ1) is 9.38. The summed E-state index contributed by atoms with van der Waals surface area (Å²) in [5.74, 6) is 0.0404. The van der Waals surface area contributed by atoms with Crippen molar-refractivity contribution in [2.45, 2.75) is 13.0 Å². The molecule has 0 fully saturated rings. The monoisotopic (exact) mass is 378 g/mol. The molecule has 2 nitrogen and oxygen atoms in total. The van der Waals surface area contributed by atoms with Crippen LogP contribution in [0.1, 0.15) is 18.6 Å². The maximum absolute atomic E-state index is 13.4. The summed E-state index contributed by atoms with van der Waals surface area (Å²) in [5, 5.41) is 9.79. The highest BCUT2D eigenvalue weighted by atomic mass is 79.9. The SMILES string of the molecule is CC(O)c1ccc(Oc2cc(F)c(Cl)cc2Br)c(Cl)c1. The number of hydrogen-bond donors (Lipinski definition) is 1. The first kappa shape index (κ1) is 15.6. The van der Waals surface area contributed by atoms with E-state index in [0.717, 1.165) is 0 Å². The van der Waals surface area contributed by atoms with Crippen LogP contribution in [-0.4, -0.2) is 5.11 Å². The van der Waals surface area contributed by atoms with E-state index >= 15 is 0 Å². The van der Waals surface area contributed by atoms with Gasteiger partial charge in [0.15, 0.2) is 0 Å². The molecule has 0 aliphatic carbocycles. The third-order valence-corrected chi connectivity index (χ3v) is 3.84. The quantitative estimate of drug-likeness (QED) is 0.689. The van der Waals surface area contributed by atoms with Gasteiger partial charge >= 0.3 is 0 Å². The van der Waals surface area contributed by atoms with Crippen molar-refractivity contribution in [3.63, 3.8) is 0 Å². The average molecular weight is 380 g/mol. The van der Waals surface area contributed by atoms with E-state index in [-0.39, 0.29) is 10.8 Å². The summed E-state index contributed by atoms with van der Waals surface area (Å²) < 4.78 is 19.5. The molecule has 1 unspecified atom stereocenters. The van der Waals surface area contributed by atoms with Gasteiger partial charge in [-0.1, -0.05) is 29.3 Å². The van der Waals surface area contributed by atoms with Crippen molar-refractivity contribution in [3.05, 3.63) is 56.2 Å². The average Bonchev–Trinajstić information content (AvgIpc) is 2.37. The topological polar surface area (TPSA) is 29.5 Å². The Morgan fingerprint density at radius 3 is 2.45 bits per heavy atom. The fraction of sp³-hybridized carbons (Fsp3) is 0.143. The first-order valence-corrected chi connectivity index (χ1v) is 7.23. The number of hydrogen-bond acceptors (Lipinski definition) is 2. The maximum Gasteiger partial charge on any atom is 0.146 e. The Labute approximate surface area is 134 Å². The van der Waals surface area contributed by atoms with Gasteiger partial charge in [0.2, 0.25) is 0 Å². The molecule has 20 heavy (non-hydrogen) atoms. The Bertz CT molecular complexity index is 647. The van der Waals surface area contributed by atoms with Gasteiger partial charge in [0.05, 0.1) is 20.6 Å². The molecule has 1 N–H and O–H groups in total. The van der Waals surface area contributed by atoms with E-state index in [1.807, 2.05) is 0 Å². The highest BCUT2D eigenvalue weighted by Crippen LogP contribution is 2.37. The Hall–Kier alpha value is -0.810. The third kappa shape index (κ3) is 3.44. The zero-order valence-electron chi connectivity index (χ0n) is 10.3. The van der Waals surface area contributed by atoms with Gasteiger partial charge in [0.1, 0.15) is 17.3 Å². The van der Waals surface area contributed by atoms with E-state index in [1.54, 1.807) is 25.1 Å². The smallest absolute Gasteiger partial charge is 0.146 e. The summed E-state index contributed by atoms with van der Waals surface area (Å²) in [6, 6.07) is 7.48. The molecule has 0 bridgehead atoms. The zero-order valence-corrected chi connectivity index (χ0v) is 13.4. The summed E-state index contributed by atoms with van der Waals surface area (Å²) in [6.07, 6.45) is -0.624.